The van der Waals surface area contributed by atoms with Crippen molar-refractivity contribution in [3.8, 4) is 5.75 Å². The van der Waals surface area contributed by atoms with E-state index in [4.69, 9.17) is 4.74 Å². The fourth-order valence-electron chi connectivity index (χ4n) is 3.48. The lowest BCUT2D eigenvalue weighted by molar-refractivity contribution is -0.115. The van der Waals surface area contributed by atoms with E-state index in [9.17, 15) is 9.59 Å². The highest BCUT2D eigenvalue weighted by Crippen LogP contribution is 2.35. The van der Waals surface area contributed by atoms with Crippen molar-refractivity contribution in [2.45, 2.75) is 51.4 Å². The first kappa shape index (κ1) is 18.6. The molecule has 1 aliphatic rings. The van der Waals surface area contributed by atoms with Crippen LogP contribution in [0.3, 0.4) is 0 Å². The second-order valence-corrected chi connectivity index (χ2v) is 7.81. The summed E-state index contributed by atoms with van der Waals surface area (Å²) >= 11 is 1.58. The Morgan fingerprint density at radius 1 is 1.19 bits per heavy atom. The Balaban J connectivity index is 1.76. The summed E-state index contributed by atoms with van der Waals surface area (Å²) < 4.78 is 5.20. The summed E-state index contributed by atoms with van der Waals surface area (Å²) in [6.45, 7) is 0. The molecule has 1 amide bonds. The first-order valence-electron chi connectivity index (χ1n) is 9.23. The number of fused-ring (bicyclic) bond motifs is 1. The van der Waals surface area contributed by atoms with Crippen LogP contribution in [-0.4, -0.2) is 19.3 Å². The third-order valence-electron chi connectivity index (χ3n) is 4.83. The zero-order chi connectivity index (χ0) is 18.4. The fraction of sp³-hybridized carbons (Fsp3) is 0.429. The number of thiophene rings is 1. The summed E-state index contributed by atoms with van der Waals surface area (Å²) in [5, 5.41) is 3.68. The molecular weight excluding hydrogens is 346 g/mol. The van der Waals surface area contributed by atoms with Gasteiger partial charge >= 0.3 is 0 Å². The number of hydrogen-bond donors (Lipinski definition) is 1. The number of benzene rings is 1. The first-order chi connectivity index (χ1) is 12.7. The van der Waals surface area contributed by atoms with Gasteiger partial charge in [-0.1, -0.05) is 31.4 Å². The third-order valence-corrected chi connectivity index (χ3v) is 6.05. The summed E-state index contributed by atoms with van der Waals surface area (Å²) in [6.07, 6.45) is 9.11. The Labute approximate surface area is 158 Å². The van der Waals surface area contributed by atoms with Gasteiger partial charge in [-0.05, 0) is 48.9 Å². The lowest BCUT2D eigenvalue weighted by Crippen LogP contribution is -2.14. The summed E-state index contributed by atoms with van der Waals surface area (Å²) in [7, 11) is 1.61. The van der Waals surface area contributed by atoms with Crippen LogP contribution in [0, 0.1) is 0 Å². The van der Waals surface area contributed by atoms with Gasteiger partial charge in [0.15, 0.2) is 6.29 Å². The van der Waals surface area contributed by atoms with E-state index in [1.165, 1.54) is 24.1 Å². The first-order valence-corrected chi connectivity index (χ1v) is 10.1. The van der Waals surface area contributed by atoms with Crippen LogP contribution in [0.5, 0.6) is 5.75 Å². The molecule has 0 spiro atoms. The second kappa shape index (κ2) is 8.99. The summed E-state index contributed by atoms with van der Waals surface area (Å²) in [6, 6.07) is 7.49. The highest BCUT2D eigenvalue weighted by Gasteiger charge is 2.19. The smallest absolute Gasteiger partial charge is 0.229 e. The number of methoxy groups -OCH3 is 1. The van der Waals surface area contributed by atoms with Gasteiger partial charge in [0.05, 0.1) is 19.1 Å². The number of aldehydes is 1. The predicted molar refractivity (Wildman–Crippen MR) is 106 cm³/mol. The van der Waals surface area contributed by atoms with Gasteiger partial charge in [0.2, 0.25) is 5.91 Å². The van der Waals surface area contributed by atoms with Crippen LogP contribution in [0.25, 0.3) is 0 Å². The minimum Gasteiger partial charge on any atom is -0.497 e. The molecule has 0 aliphatic heterocycles. The third kappa shape index (κ3) is 4.52. The van der Waals surface area contributed by atoms with E-state index < -0.39 is 0 Å². The van der Waals surface area contributed by atoms with Crippen LogP contribution in [0.1, 0.15) is 58.5 Å². The van der Waals surface area contributed by atoms with E-state index in [1.54, 1.807) is 18.4 Å². The largest absolute Gasteiger partial charge is 0.497 e. The van der Waals surface area contributed by atoms with E-state index in [1.807, 2.05) is 24.3 Å². The zero-order valence-corrected chi connectivity index (χ0v) is 16.0. The molecule has 1 N–H and O–H groups in total. The Morgan fingerprint density at radius 2 is 1.96 bits per heavy atom. The maximum atomic E-state index is 12.5. The maximum absolute atomic E-state index is 12.5. The number of rotatable bonds is 5. The number of ether oxygens (including phenoxy) is 1. The van der Waals surface area contributed by atoms with Crippen molar-refractivity contribution in [3.63, 3.8) is 0 Å². The van der Waals surface area contributed by atoms with Gasteiger partial charge in [0.25, 0.3) is 0 Å². The Morgan fingerprint density at radius 3 is 2.73 bits per heavy atom. The lowest BCUT2D eigenvalue weighted by Gasteiger charge is -2.06. The molecule has 1 aromatic carbocycles. The quantitative estimate of drug-likeness (QED) is 0.768. The van der Waals surface area contributed by atoms with Gasteiger partial charge in [-0.15, -0.1) is 11.3 Å². The van der Waals surface area contributed by atoms with Crippen LogP contribution < -0.4 is 10.1 Å². The normalized spacial score (nSPS) is 14.5. The molecule has 1 aromatic heterocycles. The van der Waals surface area contributed by atoms with Crippen molar-refractivity contribution in [3.05, 3.63) is 45.8 Å². The second-order valence-electron chi connectivity index (χ2n) is 6.71. The minimum absolute atomic E-state index is 0.104. The van der Waals surface area contributed by atoms with Crippen LogP contribution in [-0.2, 0) is 24.1 Å². The van der Waals surface area contributed by atoms with Gasteiger partial charge in [-0.25, -0.2) is 0 Å². The van der Waals surface area contributed by atoms with Crippen LogP contribution in [0.2, 0.25) is 0 Å². The monoisotopic (exact) mass is 371 g/mol. The molecule has 3 rings (SSSR count). The van der Waals surface area contributed by atoms with Gasteiger partial charge in [0, 0.05) is 4.88 Å². The number of hydrogen-bond acceptors (Lipinski definition) is 4. The van der Waals surface area contributed by atoms with Crippen LogP contribution in [0.15, 0.2) is 24.3 Å². The molecule has 0 bridgehead atoms. The molecule has 0 radical (unpaired) electrons. The minimum atomic E-state index is -0.104. The number of anilines is 1. The molecule has 5 heteroatoms. The van der Waals surface area contributed by atoms with Crippen LogP contribution >= 0.6 is 11.3 Å². The zero-order valence-electron chi connectivity index (χ0n) is 15.2. The molecule has 26 heavy (non-hydrogen) atoms. The number of nitrogens with one attached hydrogen (secondary N) is 1. The maximum Gasteiger partial charge on any atom is 0.229 e. The Bertz CT molecular complexity index is 782. The highest BCUT2D eigenvalue weighted by atomic mass is 32.1. The average Bonchev–Trinajstić information content (AvgIpc) is 3.01. The SMILES string of the molecule is COc1cccc(CC(=O)Nc2sc3c(c2C=O)CCCCCCC3)c1. The molecule has 0 unspecified atom stereocenters. The van der Waals surface area contributed by atoms with Gasteiger partial charge < -0.3 is 10.1 Å². The summed E-state index contributed by atoms with van der Waals surface area (Å²) in [4.78, 5) is 25.5. The van der Waals surface area contributed by atoms with Crippen molar-refractivity contribution in [2.24, 2.45) is 0 Å². The molecule has 2 aromatic rings. The molecule has 0 fully saturated rings. The van der Waals surface area contributed by atoms with Crippen molar-refractivity contribution in [2.75, 3.05) is 12.4 Å². The summed E-state index contributed by atoms with van der Waals surface area (Å²) in [5.74, 6) is 0.631. The number of aryl methyl sites for hydroxylation is 1. The van der Waals surface area contributed by atoms with Crippen molar-refractivity contribution in [1.82, 2.24) is 0 Å². The van der Waals surface area contributed by atoms with E-state index >= 15 is 0 Å². The molecular formula is C21H25NO3S. The van der Waals surface area contributed by atoms with E-state index in [-0.39, 0.29) is 12.3 Å². The molecule has 1 heterocycles. The molecule has 1 aliphatic carbocycles. The van der Waals surface area contributed by atoms with E-state index in [0.29, 0.717) is 10.6 Å². The molecule has 138 valence electrons. The topological polar surface area (TPSA) is 55.4 Å². The predicted octanol–water partition coefficient (Wildman–Crippen LogP) is 4.80. The van der Waals surface area contributed by atoms with Crippen molar-refractivity contribution < 1.29 is 14.3 Å². The molecule has 4 nitrogen and oxygen atoms in total. The molecule has 0 saturated heterocycles. The van der Waals surface area contributed by atoms with Crippen molar-refractivity contribution in [1.29, 1.82) is 0 Å². The van der Waals surface area contributed by atoms with E-state index in [2.05, 4.69) is 5.32 Å². The van der Waals surface area contributed by atoms with Crippen molar-refractivity contribution >= 4 is 28.5 Å². The fourth-order valence-corrected chi connectivity index (χ4v) is 4.75. The molecule has 0 saturated carbocycles. The Hall–Kier alpha value is -2.14. The van der Waals surface area contributed by atoms with E-state index in [0.717, 1.165) is 48.8 Å². The number of carbonyl (C=O) groups is 2. The highest BCUT2D eigenvalue weighted by molar-refractivity contribution is 7.16. The number of carbonyl (C=O) groups excluding carboxylic acids is 2. The van der Waals surface area contributed by atoms with Crippen LogP contribution in [0.4, 0.5) is 5.00 Å². The van der Waals surface area contributed by atoms with Gasteiger partial charge in [-0.3, -0.25) is 9.59 Å². The standard InChI is InChI=1S/C21H25NO3S/c1-25-16-9-7-8-15(12-16)13-20(24)22-21-18(14-23)17-10-5-3-2-4-6-11-19(17)26-21/h7-9,12,14H,2-6,10-11,13H2,1H3,(H,22,24). The lowest BCUT2D eigenvalue weighted by atomic mass is 10.0. The van der Waals surface area contributed by atoms with Gasteiger partial charge in [0.1, 0.15) is 10.8 Å². The van der Waals surface area contributed by atoms with Gasteiger partial charge in [-0.2, -0.15) is 0 Å². The average molecular weight is 372 g/mol. The summed E-state index contributed by atoms with van der Waals surface area (Å²) in [5.41, 5.74) is 2.73. The molecule has 0 atom stereocenters. The number of amides is 1. The Kier molecular flexibility index (Phi) is 6.45.